The summed E-state index contributed by atoms with van der Waals surface area (Å²) in [6.07, 6.45) is 3.69. The summed E-state index contributed by atoms with van der Waals surface area (Å²) in [5, 5.41) is 12.3. The molecule has 0 bridgehead atoms. The van der Waals surface area contributed by atoms with Gasteiger partial charge in [0.15, 0.2) is 0 Å². The number of unbranched alkanes of at least 4 members (excludes halogenated alkanes) is 1. The molecule has 0 atom stereocenters. The van der Waals surface area contributed by atoms with E-state index < -0.39 is 10.1 Å². The van der Waals surface area contributed by atoms with Gasteiger partial charge in [-0.1, -0.05) is 13.3 Å². The lowest BCUT2D eigenvalue weighted by Gasteiger charge is -2.22. The summed E-state index contributed by atoms with van der Waals surface area (Å²) >= 11 is 0. The van der Waals surface area contributed by atoms with Gasteiger partial charge in [-0.15, -0.1) is 0 Å². The number of aromatic amines is 1. The monoisotopic (exact) mass is 458 g/mol. The molecule has 10 heteroatoms. The molecule has 3 N–H and O–H groups in total. The molecule has 0 radical (unpaired) electrons. The summed E-state index contributed by atoms with van der Waals surface area (Å²) in [7, 11) is -4.05. The number of nitrogens with zero attached hydrogens (tertiary/aromatic N) is 2. The van der Waals surface area contributed by atoms with E-state index >= 15 is 0 Å². The summed E-state index contributed by atoms with van der Waals surface area (Å²) in [5.41, 5.74) is 1.87. The lowest BCUT2D eigenvalue weighted by atomic mass is 10.2. The second kappa shape index (κ2) is 9.17. The van der Waals surface area contributed by atoms with Gasteiger partial charge < -0.3 is 19.2 Å². The van der Waals surface area contributed by atoms with Crippen LogP contribution >= 0.6 is 0 Å². The molecule has 0 unspecified atom stereocenters. The predicted molar refractivity (Wildman–Crippen MR) is 121 cm³/mol. The number of rotatable bonds is 10. The molecule has 1 saturated carbocycles. The van der Waals surface area contributed by atoms with Crippen LogP contribution in [0.3, 0.4) is 0 Å². The van der Waals surface area contributed by atoms with Crippen molar-refractivity contribution in [3.05, 3.63) is 42.5 Å². The van der Waals surface area contributed by atoms with Crippen molar-refractivity contribution in [2.75, 3.05) is 23.5 Å². The van der Waals surface area contributed by atoms with Crippen LogP contribution in [0.2, 0.25) is 0 Å². The standard InChI is InChI=1S/C22H26N4O5S/c1-2-3-12-26(14-27)16-6-9-18(10-7-16)32(29,30)31-17-8-11-19-20(13-17)24-22(23-19)25-21(28)15-4-5-15/h6-11,13,15,27H,2-5,12,14H2,1H3,(H2,23,24,25,28). The molecule has 1 aliphatic carbocycles. The zero-order chi connectivity index (χ0) is 22.7. The van der Waals surface area contributed by atoms with Gasteiger partial charge in [-0.2, -0.15) is 8.42 Å². The zero-order valence-electron chi connectivity index (χ0n) is 17.7. The van der Waals surface area contributed by atoms with E-state index in [-0.39, 0.29) is 29.2 Å². The van der Waals surface area contributed by atoms with Crippen LogP contribution in [0.4, 0.5) is 11.6 Å². The number of benzene rings is 2. The van der Waals surface area contributed by atoms with Crippen LogP contribution < -0.4 is 14.4 Å². The van der Waals surface area contributed by atoms with Crippen molar-refractivity contribution in [2.24, 2.45) is 5.92 Å². The molecule has 1 heterocycles. The number of anilines is 2. The molecule has 1 amide bonds. The van der Waals surface area contributed by atoms with Gasteiger partial charge in [0.2, 0.25) is 11.9 Å². The number of hydrogen-bond donors (Lipinski definition) is 3. The van der Waals surface area contributed by atoms with Crippen LogP contribution in [0.1, 0.15) is 32.6 Å². The number of aliphatic hydroxyl groups excluding tert-OH is 1. The quantitative estimate of drug-likeness (QED) is 0.315. The van der Waals surface area contributed by atoms with Gasteiger partial charge in [-0.3, -0.25) is 10.1 Å². The van der Waals surface area contributed by atoms with Crippen LogP contribution in [0.25, 0.3) is 11.0 Å². The Hall–Kier alpha value is -3.11. The van der Waals surface area contributed by atoms with Gasteiger partial charge >= 0.3 is 10.1 Å². The zero-order valence-corrected chi connectivity index (χ0v) is 18.6. The highest BCUT2D eigenvalue weighted by atomic mass is 32.2. The molecule has 1 aromatic heterocycles. The first-order valence-electron chi connectivity index (χ1n) is 10.6. The van der Waals surface area contributed by atoms with E-state index in [9.17, 15) is 18.3 Å². The molecular formula is C22H26N4O5S. The highest BCUT2D eigenvalue weighted by Gasteiger charge is 2.30. The summed E-state index contributed by atoms with van der Waals surface area (Å²) < 4.78 is 30.7. The van der Waals surface area contributed by atoms with Gasteiger partial charge in [-0.25, -0.2) is 4.98 Å². The number of carbonyl (C=O) groups is 1. The SMILES string of the molecule is CCCCN(CO)c1ccc(S(=O)(=O)Oc2ccc3[nH]c(NC(=O)C4CC4)nc3c2)cc1. The Morgan fingerprint density at radius 3 is 2.66 bits per heavy atom. The summed E-state index contributed by atoms with van der Waals surface area (Å²) in [5.74, 6) is 0.424. The second-order valence-corrected chi connectivity index (χ2v) is 9.36. The third kappa shape index (κ3) is 5.03. The topological polar surface area (TPSA) is 125 Å². The third-order valence-electron chi connectivity index (χ3n) is 5.29. The van der Waals surface area contributed by atoms with Gasteiger partial charge in [0.1, 0.15) is 17.4 Å². The Kier molecular flexibility index (Phi) is 6.33. The number of aliphatic hydroxyl groups is 1. The van der Waals surface area contributed by atoms with Crippen molar-refractivity contribution in [3.63, 3.8) is 0 Å². The van der Waals surface area contributed by atoms with Crippen molar-refractivity contribution in [1.82, 2.24) is 9.97 Å². The van der Waals surface area contributed by atoms with E-state index in [1.54, 1.807) is 23.1 Å². The maximum atomic E-state index is 12.7. The number of hydrogen-bond acceptors (Lipinski definition) is 7. The molecule has 0 spiro atoms. The van der Waals surface area contributed by atoms with Gasteiger partial charge in [0.05, 0.1) is 11.0 Å². The Bertz CT molecular complexity index is 1200. The van der Waals surface area contributed by atoms with E-state index in [1.165, 1.54) is 24.3 Å². The first-order chi connectivity index (χ1) is 15.4. The van der Waals surface area contributed by atoms with Crippen molar-refractivity contribution in [3.8, 4) is 5.75 Å². The summed E-state index contributed by atoms with van der Waals surface area (Å²) in [6, 6.07) is 10.9. The molecular weight excluding hydrogens is 432 g/mol. The fourth-order valence-corrected chi connectivity index (χ4v) is 4.21. The first kappa shape index (κ1) is 22.1. The Morgan fingerprint density at radius 1 is 1.25 bits per heavy atom. The van der Waals surface area contributed by atoms with E-state index in [4.69, 9.17) is 4.18 Å². The molecule has 3 aromatic rings. The van der Waals surface area contributed by atoms with Crippen LogP contribution in [-0.2, 0) is 14.9 Å². The van der Waals surface area contributed by atoms with Gasteiger partial charge in [0.25, 0.3) is 0 Å². The smallest absolute Gasteiger partial charge is 0.339 e. The fraction of sp³-hybridized carbons (Fsp3) is 0.364. The minimum Gasteiger partial charge on any atom is -0.379 e. The minimum atomic E-state index is -4.05. The maximum absolute atomic E-state index is 12.7. The lowest BCUT2D eigenvalue weighted by molar-refractivity contribution is -0.117. The fourth-order valence-electron chi connectivity index (χ4n) is 3.29. The average Bonchev–Trinajstić information content (AvgIpc) is 3.55. The van der Waals surface area contributed by atoms with Gasteiger partial charge in [0, 0.05) is 24.2 Å². The maximum Gasteiger partial charge on any atom is 0.339 e. The Morgan fingerprint density at radius 2 is 2.00 bits per heavy atom. The normalized spacial score (nSPS) is 13.8. The molecule has 2 aromatic carbocycles. The van der Waals surface area contributed by atoms with Gasteiger partial charge in [-0.05, 0) is 55.7 Å². The van der Waals surface area contributed by atoms with E-state index in [0.717, 1.165) is 31.4 Å². The first-order valence-corrected chi connectivity index (χ1v) is 12.0. The number of amides is 1. The average molecular weight is 459 g/mol. The van der Waals surface area contributed by atoms with E-state index in [2.05, 4.69) is 22.2 Å². The molecule has 170 valence electrons. The van der Waals surface area contributed by atoms with Crippen molar-refractivity contribution < 1.29 is 22.5 Å². The number of fused-ring (bicyclic) bond motifs is 1. The molecule has 0 aliphatic heterocycles. The number of carbonyl (C=O) groups excluding carboxylic acids is 1. The summed E-state index contributed by atoms with van der Waals surface area (Å²) in [6.45, 7) is 2.60. The largest absolute Gasteiger partial charge is 0.379 e. The molecule has 1 aliphatic rings. The molecule has 4 rings (SSSR count). The van der Waals surface area contributed by atoms with E-state index in [0.29, 0.717) is 23.5 Å². The van der Waals surface area contributed by atoms with Crippen molar-refractivity contribution in [1.29, 1.82) is 0 Å². The number of aromatic nitrogens is 2. The lowest BCUT2D eigenvalue weighted by Crippen LogP contribution is -2.25. The van der Waals surface area contributed by atoms with Crippen LogP contribution in [0.15, 0.2) is 47.4 Å². The summed E-state index contributed by atoms with van der Waals surface area (Å²) in [4.78, 5) is 21.0. The van der Waals surface area contributed by atoms with Crippen molar-refractivity contribution >= 4 is 38.7 Å². The van der Waals surface area contributed by atoms with Crippen LogP contribution in [-0.4, -0.2) is 42.7 Å². The highest BCUT2D eigenvalue weighted by Crippen LogP contribution is 2.30. The predicted octanol–water partition coefficient (Wildman–Crippen LogP) is 3.24. The molecule has 9 nitrogen and oxygen atoms in total. The van der Waals surface area contributed by atoms with Crippen molar-refractivity contribution in [2.45, 2.75) is 37.5 Å². The number of H-pyrrole nitrogens is 1. The third-order valence-corrected chi connectivity index (χ3v) is 6.55. The van der Waals surface area contributed by atoms with Crippen LogP contribution in [0.5, 0.6) is 5.75 Å². The Balaban J connectivity index is 1.47. The van der Waals surface area contributed by atoms with Crippen LogP contribution in [0, 0.1) is 5.92 Å². The minimum absolute atomic E-state index is 0.00846. The molecule has 32 heavy (non-hydrogen) atoms. The number of imidazole rings is 1. The Labute approximate surface area is 186 Å². The number of nitrogens with one attached hydrogen (secondary N) is 2. The highest BCUT2D eigenvalue weighted by molar-refractivity contribution is 7.87. The molecule has 0 saturated heterocycles. The van der Waals surface area contributed by atoms with E-state index in [1.807, 2.05) is 0 Å². The molecule has 1 fully saturated rings. The second-order valence-electron chi connectivity index (χ2n) is 7.82.